The van der Waals surface area contributed by atoms with Crippen LogP contribution in [0.4, 0.5) is 0 Å². The second-order valence-electron chi connectivity index (χ2n) is 6.21. The highest BCUT2D eigenvalue weighted by Crippen LogP contribution is 2.26. The third-order valence-corrected chi connectivity index (χ3v) is 4.88. The number of rotatable bonds is 10. The quantitative estimate of drug-likeness (QED) is 0.515. The summed E-state index contributed by atoms with van der Waals surface area (Å²) in [6.07, 6.45) is 2.63. The van der Waals surface area contributed by atoms with E-state index in [-0.39, 0.29) is 0 Å². The molecule has 0 atom stereocenters. The van der Waals surface area contributed by atoms with Gasteiger partial charge >= 0.3 is 0 Å². The summed E-state index contributed by atoms with van der Waals surface area (Å²) < 4.78 is 5.22. The lowest BCUT2D eigenvalue weighted by atomic mass is 10.4. The Labute approximate surface area is 149 Å². The molecule has 1 aliphatic rings. The molecule has 7 heteroatoms. The van der Waals surface area contributed by atoms with Crippen molar-refractivity contribution in [2.45, 2.75) is 39.3 Å². The number of nitrogens with zero attached hydrogens (tertiary/aromatic N) is 4. The first-order chi connectivity index (χ1) is 11.6. The number of hydrogen-bond acceptors (Lipinski definition) is 5. The summed E-state index contributed by atoms with van der Waals surface area (Å²) >= 11 is 1.69. The number of guanidine groups is 1. The Morgan fingerprint density at radius 1 is 1.46 bits per heavy atom. The summed E-state index contributed by atoms with van der Waals surface area (Å²) in [5, 5.41) is 6.61. The first kappa shape index (κ1) is 19.1. The van der Waals surface area contributed by atoms with Crippen molar-refractivity contribution in [2.75, 3.05) is 46.9 Å². The molecule has 1 heterocycles. The van der Waals surface area contributed by atoms with Crippen molar-refractivity contribution < 1.29 is 4.74 Å². The zero-order valence-electron chi connectivity index (χ0n) is 15.4. The van der Waals surface area contributed by atoms with Gasteiger partial charge in [0.05, 0.1) is 30.4 Å². The normalized spacial score (nSPS) is 15.1. The van der Waals surface area contributed by atoms with Crippen LogP contribution in [0.5, 0.6) is 0 Å². The molecule has 0 amide bonds. The van der Waals surface area contributed by atoms with Crippen molar-refractivity contribution in [1.82, 2.24) is 20.1 Å². The van der Waals surface area contributed by atoms with Crippen LogP contribution in [0, 0.1) is 6.92 Å². The van der Waals surface area contributed by atoms with Gasteiger partial charge in [-0.3, -0.25) is 9.89 Å². The monoisotopic (exact) mass is 353 g/mol. The molecular formula is C17H31N5OS. The molecule has 0 aliphatic heterocycles. The van der Waals surface area contributed by atoms with Crippen molar-refractivity contribution in [3.8, 4) is 0 Å². The number of ether oxygens (including phenoxy) is 1. The van der Waals surface area contributed by atoms with Crippen molar-refractivity contribution in [3.63, 3.8) is 0 Å². The molecule has 1 N–H and O–H groups in total. The molecule has 24 heavy (non-hydrogen) atoms. The van der Waals surface area contributed by atoms with Crippen LogP contribution in [0.25, 0.3) is 0 Å². The van der Waals surface area contributed by atoms with Gasteiger partial charge in [0.25, 0.3) is 0 Å². The SMILES string of the molecule is CCNC(=NCCN(CCOC)C1CC1)N(C)Cc1csc(C)n1. The third kappa shape index (κ3) is 6.37. The molecule has 1 saturated carbocycles. The molecule has 1 aliphatic carbocycles. The molecule has 1 aromatic rings. The molecular weight excluding hydrogens is 322 g/mol. The van der Waals surface area contributed by atoms with Crippen LogP contribution in [-0.2, 0) is 11.3 Å². The van der Waals surface area contributed by atoms with E-state index in [9.17, 15) is 0 Å². The number of nitrogens with one attached hydrogen (secondary N) is 1. The van der Waals surface area contributed by atoms with Gasteiger partial charge in [0.15, 0.2) is 5.96 Å². The van der Waals surface area contributed by atoms with Gasteiger partial charge in [-0.1, -0.05) is 0 Å². The largest absolute Gasteiger partial charge is 0.383 e. The number of methoxy groups -OCH3 is 1. The minimum Gasteiger partial charge on any atom is -0.383 e. The lowest BCUT2D eigenvalue weighted by Crippen LogP contribution is -2.39. The minimum atomic E-state index is 0.744. The van der Waals surface area contributed by atoms with Crippen LogP contribution in [0.15, 0.2) is 10.4 Å². The maximum Gasteiger partial charge on any atom is 0.194 e. The van der Waals surface area contributed by atoms with E-state index >= 15 is 0 Å². The molecule has 0 bridgehead atoms. The number of aromatic nitrogens is 1. The molecule has 0 aromatic carbocycles. The Balaban J connectivity index is 1.86. The van der Waals surface area contributed by atoms with Crippen molar-refractivity contribution in [3.05, 3.63) is 16.1 Å². The fourth-order valence-electron chi connectivity index (χ4n) is 2.68. The van der Waals surface area contributed by atoms with Crippen LogP contribution >= 0.6 is 11.3 Å². The van der Waals surface area contributed by atoms with Crippen LogP contribution < -0.4 is 5.32 Å². The highest BCUT2D eigenvalue weighted by atomic mass is 32.1. The first-order valence-corrected chi connectivity index (χ1v) is 9.65. The number of aryl methyl sites for hydroxylation is 1. The number of thiazole rings is 1. The van der Waals surface area contributed by atoms with E-state index in [1.165, 1.54) is 12.8 Å². The second kappa shape index (κ2) is 9.96. The van der Waals surface area contributed by atoms with Gasteiger partial charge in [-0.05, 0) is 26.7 Å². The molecule has 0 spiro atoms. The molecule has 1 fully saturated rings. The Hall–Kier alpha value is -1.18. The zero-order valence-corrected chi connectivity index (χ0v) is 16.2. The Morgan fingerprint density at radius 3 is 2.83 bits per heavy atom. The van der Waals surface area contributed by atoms with Gasteiger partial charge in [0, 0.05) is 45.2 Å². The highest BCUT2D eigenvalue weighted by Gasteiger charge is 2.28. The Bertz CT molecular complexity index is 515. The van der Waals surface area contributed by atoms with E-state index in [1.54, 1.807) is 18.4 Å². The lowest BCUT2D eigenvalue weighted by Gasteiger charge is -2.23. The average molecular weight is 354 g/mol. The number of aliphatic imine (C=N–C) groups is 1. The number of hydrogen-bond donors (Lipinski definition) is 1. The molecule has 1 aromatic heterocycles. The van der Waals surface area contributed by atoms with E-state index in [2.05, 4.69) is 39.5 Å². The lowest BCUT2D eigenvalue weighted by molar-refractivity contribution is 0.145. The fourth-order valence-corrected chi connectivity index (χ4v) is 3.28. The van der Waals surface area contributed by atoms with Gasteiger partial charge < -0.3 is 15.0 Å². The standard InChI is InChI=1S/C17H31N5OS/c1-5-18-17(21(3)12-15-13-24-14(2)20-15)19-8-9-22(10-11-23-4)16-6-7-16/h13,16H,5-12H2,1-4H3,(H,18,19). The predicted octanol–water partition coefficient (Wildman–Crippen LogP) is 1.96. The van der Waals surface area contributed by atoms with Crippen LogP contribution in [0.3, 0.4) is 0 Å². The Kier molecular flexibility index (Phi) is 7.94. The smallest absolute Gasteiger partial charge is 0.194 e. The van der Waals surface area contributed by atoms with Crippen molar-refractivity contribution >= 4 is 17.3 Å². The predicted molar refractivity (Wildman–Crippen MR) is 101 cm³/mol. The van der Waals surface area contributed by atoms with E-state index in [0.717, 1.165) is 62.0 Å². The zero-order chi connectivity index (χ0) is 17.4. The van der Waals surface area contributed by atoms with Crippen molar-refractivity contribution in [1.29, 1.82) is 0 Å². The highest BCUT2D eigenvalue weighted by molar-refractivity contribution is 7.09. The molecule has 0 saturated heterocycles. The van der Waals surface area contributed by atoms with Crippen LogP contribution in [0.1, 0.15) is 30.5 Å². The summed E-state index contributed by atoms with van der Waals surface area (Å²) in [5.74, 6) is 0.950. The fraction of sp³-hybridized carbons (Fsp3) is 0.765. The van der Waals surface area contributed by atoms with Gasteiger partial charge in [-0.15, -0.1) is 11.3 Å². The average Bonchev–Trinajstić information content (AvgIpc) is 3.32. The molecule has 2 rings (SSSR count). The summed E-state index contributed by atoms with van der Waals surface area (Å²) in [6.45, 7) is 9.40. The van der Waals surface area contributed by atoms with Crippen molar-refractivity contribution in [2.24, 2.45) is 4.99 Å². The molecule has 136 valence electrons. The van der Waals surface area contributed by atoms with Crippen LogP contribution in [-0.4, -0.2) is 73.7 Å². The van der Waals surface area contributed by atoms with E-state index in [1.807, 2.05) is 6.92 Å². The van der Waals surface area contributed by atoms with E-state index < -0.39 is 0 Å². The summed E-state index contributed by atoms with van der Waals surface area (Å²) in [4.78, 5) is 14.0. The van der Waals surface area contributed by atoms with Crippen LogP contribution in [0.2, 0.25) is 0 Å². The van der Waals surface area contributed by atoms with Gasteiger partial charge in [0.2, 0.25) is 0 Å². The summed E-state index contributed by atoms with van der Waals surface area (Å²) in [6, 6.07) is 0.744. The first-order valence-electron chi connectivity index (χ1n) is 8.77. The maximum absolute atomic E-state index is 5.22. The molecule has 6 nitrogen and oxygen atoms in total. The third-order valence-electron chi connectivity index (χ3n) is 4.06. The second-order valence-corrected chi connectivity index (χ2v) is 7.27. The molecule has 0 unspecified atom stereocenters. The van der Waals surface area contributed by atoms with E-state index in [4.69, 9.17) is 9.73 Å². The maximum atomic E-state index is 5.22. The van der Waals surface area contributed by atoms with Gasteiger partial charge in [-0.25, -0.2) is 4.98 Å². The summed E-state index contributed by atoms with van der Waals surface area (Å²) in [7, 11) is 3.83. The minimum absolute atomic E-state index is 0.744. The van der Waals surface area contributed by atoms with Gasteiger partial charge in [-0.2, -0.15) is 0 Å². The Morgan fingerprint density at radius 2 is 2.25 bits per heavy atom. The van der Waals surface area contributed by atoms with E-state index in [0.29, 0.717) is 0 Å². The summed E-state index contributed by atoms with van der Waals surface area (Å²) in [5.41, 5.74) is 1.10. The molecule has 0 radical (unpaired) electrons. The van der Waals surface area contributed by atoms with Gasteiger partial charge in [0.1, 0.15) is 0 Å². The topological polar surface area (TPSA) is 53.0 Å².